The molecule has 0 saturated carbocycles. The average Bonchev–Trinajstić information content (AvgIpc) is 3.13. The van der Waals surface area contributed by atoms with E-state index in [1.807, 2.05) is 31.2 Å². The third kappa shape index (κ3) is 3.42. The Hall–Kier alpha value is -3.97. The van der Waals surface area contributed by atoms with Gasteiger partial charge in [-0.2, -0.15) is 0 Å². The van der Waals surface area contributed by atoms with E-state index in [2.05, 4.69) is 15.4 Å². The van der Waals surface area contributed by atoms with E-state index in [4.69, 9.17) is 11.6 Å². The van der Waals surface area contributed by atoms with E-state index < -0.39 is 11.7 Å². The Balaban J connectivity index is 1.59. The van der Waals surface area contributed by atoms with Gasteiger partial charge in [-0.1, -0.05) is 29.3 Å². The third-order valence-corrected chi connectivity index (χ3v) is 5.55. The molecule has 5 rings (SSSR count). The molecule has 0 unspecified atom stereocenters. The number of hydrogen-bond acceptors (Lipinski definition) is 3. The molecule has 2 N–H and O–H groups in total. The first-order valence-corrected chi connectivity index (χ1v) is 10.2. The van der Waals surface area contributed by atoms with Gasteiger partial charge in [-0.05, 0) is 55.5 Å². The summed E-state index contributed by atoms with van der Waals surface area (Å²) in [4.78, 5) is 30.1. The predicted octanol–water partition coefficient (Wildman–Crippen LogP) is 5.22. The summed E-state index contributed by atoms with van der Waals surface area (Å²) >= 11 is 5.79. The largest absolute Gasteiger partial charge is 0.322 e. The lowest BCUT2D eigenvalue weighted by Crippen LogP contribution is -2.14. The highest BCUT2D eigenvalue weighted by Gasteiger charge is 2.15. The van der Waals surface area contributed by atoms with E-state index >= 15 is 0 Å². The van der Waals surface area contributed by atoms with Gasteiger partial charge in [0.25, 0.3) is 11.5 Å². The Morgan fingerprint density at radius 3 is 2.59 bits per heavy atom. The molecule has 0 radical (unpaired) electrons. The van der Waals surface area contributed by atoms with Crippen LogP contribution in [0.25, 0.3) is 27.5 Å². The van der Waals surface area contributed by atoms with Crippen LogP contribution in [0.1, 0.15) is 15.9 Å². The Morgan fingerprint density at radius 2 is 1.84 bits per heavy atom. The summed E-state index contributed by atoms with van der Waals surface area (Å²) in [6.07, 6.45) is 1.53. The molecular weight excluding hydrogens is 431 g/mol. The lowest BCUT2D eigenvalue weighted by molar-refractivity contribution is 0.102. The van der Waals surface area contributed by atoms with Crippen LogP contribution in [0.2, 0.25) is 5.02 Å². The number of benzene rings is 3. The van der Waals surface area contributed by atoms with Crippen molar-refractivity contribution in [3.05, 3.63) is 99.2 Å². The second-order valence-corrected chi connectivity index (χ2v) is 7.86. The minimum atomic E-state index is -0.564. The van der Waals surface area contributed by atoms with Crippen LogP contribution in [0.5, 0.6) is 0 Å². The van der Waals surface area contributed by atoms with Crippen molar-refractivity contribution in [3.63, 3.8) is 0 Å². The van der Waals surface area contributed by atoms with Crippen LogP contribution in [0.15, 0.2) is 71.7 Å². The van der Waals surface area contributed by atoms with Gasteiger partial charge in [0.2, 0.25) is 0 Å². The summed E-state index contributed by atoms with van der Waals surface area (Å²) in [6.45, 7) is 1.97. The highest BCUT2D eigenvalue weighted by atomic mass is 35.5. The standard InChI is InChI=1S/C24H16ClFN4O2/c1-13-2-6-16(7-3-13)30-24(32)18-12-27-21-9-4-14(10-17(21)22(18)29-30)23(31)28-15-5-8-20(26)19(25)11-15/h2-12,29H,1H3,(H,28,31). The molecule has 0 aliphatic rings. The monoisotopic (exact) mass is 446 g/mol. The molecular formula is C24H16ClFN4O2. The fraction of sp³-hybridized carbons (Fsp3) is 0.0417. The van der Waals surface area contributed by atoms with Crippen molar-refractivity contribution in [2.75, 3.05) is 5.32 Å². The maximum atomic E-state index is 13.4. The number of rotatable bonds is 3. The van der Waals surface area contributed by atoms with Gasteiger partial charge in [0.1, 0.15) is 5.82 Å². The molecule has 0 aliphatic carbocycles. The normalized spacial score (nSPS) is 11.2. The number of aromatic nitrogens is 3. The molecule has 158 valence electrons. The first-order valence-electron chi connectivity index (χ1n) is 9.77. The SMILES string of the molecule is Cc1ccc(-n2[nH]c3c(cnc4ccc(C(=O)Nc5ccc(F)c(Cl)c5)cc43)c2=O)cc1. The molecule has 0 atom stereocenters. The molecule has 8 heteroatoms. The number of aryl methyl sites for hydroxylation is 1. The second-order valence-electron chi connectivity index (χ2n) is 7.45. The molecule has 3 aromatic carbocycles. The van der Waals surface area contributed by atoms with Crippen LogP contribution in [0, 0.1) is 12.7 Å². The number of pyridine rings is 1. The number of hydrogen-bond donors (Lipinski definition) is 2. The number of nitrogens with one attached hydrogen (secondary N) is 2. The number of nitrogens with zero attached hydrogens (tertiary/aromatic N) is 2. The summed E-state index contributed by atoms with van der Waals surface area (Å²) < 4.78 is 14.8. The predicted molar refractivity (Wildman–Crippen MR) is 123 cm³/mol. The number of H-pyrrole nitrogens is 1. The van der Waals surface area contributed by atoms with Gasteiger partial charge in [-0.25, -0.2) is 9.07 Å². The first kappa shape index (κ1) is 20.0. The molecule has 0 spiro atoms. The van der Waals surface area contributed by atoms with Crippen molar-refractivity contribution in [1.82, 2.24) is 14.8 Å². The van der Waals surface area contributed by atoms with Gasteiger partial charge in [0.15, 0.2) is 0 Å². The summed E-state index contributed by atoms with van der Waals surface area (Å²) in [7, 11) is 0. The lowest BCUT2D eigenvalue weighted by atomic mass is 10.1. The fourth-order valence-corrected chi connectivity index (χ4v) is 3.73. The molecule has 0 saturated heterocycles. The van der Waals surface area contributed by atoms with Crippen LogP contribution < -0.4 is 10.9 Å². The molecule has 6 nitrogen and oxygen atoms in total. The van der Waals surface area contributed by atoms with Gasteiger partial charge in [0.05, 0.1) is 27.1 Å². The topological polar surface area (TPSA) is 79.8 Å². The zero-order valence-electron chi connectivity index (χ0n) is 16.8. The fourth-order valence-electron chi connectivity index (χ4n) is 3.55. The zero-order chi connectivity index (χ0) is 22.4. The molecule has 1 amide bonds. The number of fused-ring (bicyclic) bond motifs is 3. The number of aromatic amines is 1. The zero-order valence-corrected chi connectivity index (χ0v) is 17.6. The third-order valence-electron chi connectivity index (χ3n) is 5.26. The van der Waals surface area contributed by atoms with Crippen LogP contribution >= 0.6 is 11.6 Å². The van der Waals surface area contributed by atoms with E-state index in [1.54, 1.807) is 18.2 Å². The highest BCUT2D eigenvalue weighted by molar-refractivity contribution is 6.31. The molecule has 0 aliphatic heterocycles. The lowest BCUT2D eigenvalue weighted by Gasteiger charge is -2.07. The van der Waals surface area contributed by atoms with Crippen molar-refractivity contribution < 1.29 is 9.18 Å². The Kier molecular flexibility index (Phi) is 4.75. The van der Waals surface area contributed by atoms with Gasteiger partial charge in [-0.3, -0.25) is 19.7 Å². The molecule has 2 heterocycles. The number of halogens is 2. The molecule has 5 aromatic rings. The Bertz CT molecular complexity index is 1570. The van der Waals surface area contributed by atoms with E-state index in [0.717, 1.165) is 5.56 Å². The maximum absolute atomic E-state index is 13.4. The van der Waals surface area contributed by atoms with Crippen LogP contribution in [0.3, 0.4) is 0 Å². The van der Waals surface area contributed by atoms with E-state index in [1.165, 1.54) is 29.1 Å². The molecule has 0 fully saturated rings. The van der Waals surface area contributed by atoms with Crippen molar-refractivity contribution in [2.24, 2.45) is 0 Å². The number of amides is 1. The minimum Gasteiger partial charge on any atom is -0.322 e. The molecule has 0 bridgehead atoms. The Morgan fingerprint density at radius 1 is 1.06 bits per heavy atom. The van der Waals surface area contributed by atoms with Gasteiger partial charge >= 0.3 is 0 Å². The molecule has 2 aromatic heterocycles. The molecule has 32 heavy (non-hydrogen) atoms. The number of anilines is 1. The van der Waals surface area contributed by atoms with Crippen molar-refractivity contribution in [1.29, 1.82) is 0 Å². The van der Waals surface area contributed by atoms with E-state index in [0.29, 0.717) is 38.7 Å². The van der Waals surface area contributed by atoms with Gasteiger partial charge < -0.3 is 5.32 Å². The van der Waals surface area contributed by atoms with Crippen LogP contribution in [-0.4, -0.2) is 20.7 Å². The number of carbonyl (C=O) groups is 1. The van der Waals surface area contributed by atoms with Crippen LogP contribution in [0.4, 0.5) is 10.1 Å². The summed E-state index contributed by atoms with van der Waals surface area (Å²) in [5.74, 6) is -0.960. The van der Waals surface area contributed by atoms with E-state index in [-0.39, 0.29) is 10.6 Å². The van der Waals surface area contributed by atoms with Crippen molar-refractivity contribution in [2.45, 2.75) is 6.92 Å². The minimum absolute atomic E-state index is 0.0813. The number of carbonyl (C=O) groups excluding carboxylic acids is 1. The summed E-state index contributed by atoms with van der Waals surface area (Å²) in [5, 5.41) is 6.82. The average molecular weight is 447 g/mol. The Labute approximate surface area is 186 Å². The highest BCUT2D eigenvalue weighted by Crippen LogP contribution is 2.24. The van der Waals surface area contributed by atoms with Gasteiger partial charge in [0, 0.05) is 22.8 Å². The maximum Gasteiger partial charge on any atom is 0.280 e. The van der Waals surface area contributed by atoms with Crippen molar-refractivity contribution >= 4 is 45.0 Å². The quantitative estimate of drug-likeness (QED) is 0.398. The second kappa shape index (κ2) is 7.62. The van der Waals surface area contributed by atoms with Crippen LogP contribution in [-0.2, 0) is 0 Å². The first-order chi connectivity index (χ1) is 15.4. The van der Waals surface area contributed by atoms with Gasteiger partial charge in [-0.15, -0.1) is 0 Å². The summed E-state index contributed by atoms with van der Waals surface area (Å²) in [5.41, 5.74) is 3.51. The van der Waals surface area contributed by atoms with E-state index in [9.17, 15) is 14.0 Å². The smallest absolute Gasteiger partial charge is 0.280 e. The van der Waals surface area contributed by atoms with Crippen molar-refractivity contribution in [3.8, 4) is 5.69 Å². The summed E-state index contributed by atoms with van der Waals surface area (Å²) in [6, 6.07) is 16.5.